The maximum atomic E-state index is 14.0. The van der Waals surface area contributed by atoms with E-state index in [0.717, 1.165) is 38.8 Å². The molecule has 1 fully saturated rings. The number of sulfonamides is 1. The van der Waals surface area contributed by atoms with Crippen molar-refractivity contribution in [3.05, 3.63) is 80.3 Å². The van der Waals surface area contributed by atoms with Gasteiger partial charge in [-0.05, 0) is 42.9 Å². The maximum Gasteiger partial charge on any atom is 0.321 e. The third kappa shape index (κ3) is 9.32. The van der Waals surface area contributed by atoms with Crippen LogP contribution < -0.4 is 5.32 Å². The van der Waals surface area contributed by atoms with E-state index in [1.54, 1.807) is 18.7 Å². The number of nitro groups is 1. The summed E-state index contributed by atoms with van der Waals surface area (Å²) in [7, 11) is -4.40. The highest BCUT2D eigenvalue weighted by Crippen LogP contribution is 2.30. The molecule has 16 heteroatoms. The van der Waals surface area contributed by atoms with Gasteiger partial charge in [-0.25, -0.2) is 18.2 Å². The number of thiazole rings is 1. The van der Waals surface area contributed by atoms with Gasteiger partial charge in [-0.3, -0.25) is 14.9 Å². The molecule has 1 saturated heterocycles. The fraction of sp³-hybridized carbons (Fsp3) is 0.485. The van der Waals surface area contributed by atoms with Gasteiger partial charge in [0, 0.05) is 37.6 Å². The summed E-state index contributed by atoms with van der Waals surface area (Å²) < 4.78 is 28.7. The first kappa shape index (κ1) is 37.7. The van der Waals surface area contributed by atoms with Crippen LogP contribution in [-0.2, 0) is 27.8 Å². The second-order valence-corrected chi connectivity index (χ2v) is 15.9. The Morgan fingerprint density at radius 2 is 1.82 bits per heavy atom. The molecule has 1 unspecified atom stereocenters. The predicted octanol–water partition coefficient (Wildman–Crippen LogP) is 3.76. The maximum absolute atomic E-state index is 14.0. The number of aliphatic hydroxyl groups is 1. The van der Waals surface area contributed by atoms with E-state index >= 15 is 0 Å². The summed E-state index contributed by atoms with van der Waals surface area (Å²) in [6.07, 6.45) is -1.27. The number of aliphatic hydroxyl groups excluding tert-OH is 1. The highest BCUT2D eigenvalue weighted by atomic mass is 32.2. The van der Waals surface area contributed by atoms with Gasteiger partial charge >= 0.3 is 11.7 Å². The summed E-state index contributed by atoms with van der Waals surface area (Å²) in [4.78, 5) is 45.3. The van der Waals surface area contributed by atoms with Crippen molar-refractivity contribution < 1.29 is 33.1 Å². The van der Waals surface area contributed by atoms with Crippen LogP contribution in [0.4, 0.5) is 10.5 Å². The zero-order valence-corrected chi connectivity index (χ0v) is 29.9. The monoisotopic (exact) mass is 716 g/mol. The van der Waals surface area contributed by atoms with Gasteiger partial charge in [0.2, 0.25) is 15.9 Å². The first-order valence-corrected chi connectivity index (χ1v) is 18.4. The second-order valence-electron chi connectivity index (χ2n) is 12.9. The molecule has 0 spiro atoms. The first-order valence-electron chi connectivity index (χ1n) is 16.0. The number of carbonyl (C=O) groups excluding carboxylic acids is 2. The molecule has 49 heavy (non-hydrogen) atoms. The third-order valence-corrected chi connectivity index (χ3v) is 10.9. The van der Waals surface area contributed by atoms with Gasteiger partial charge in [-0.2, -0.15) is 4.31 Å². The van der Waals surface area contributed by atoms with Crippen molar-refractivity contribution in [2.45, 2.75) is 70.7 Å². The van der Waals surface area contributed by atoms with E-state index < -0.39 is 61.9 Å². The predicted molar refractivity (Wildman–Crippen MR) is 184 cm³/mol. The number of aromatic hydroxyl groups is 1. The molecule has 4 rings (SSSR count). The number of amides is 3. The third-order valence-electron chi connectivity index (χ3n) is 8.21. The topological polar surface area (TPSA) is 187 Å². The van der Waals surface area contributed by atoms with E-state index in [9.17, 15) is 38.3 Å². The molecule has 1 aliphatic rings. The van der Waals surface area contributed by atoms with Crippen molar-refractivity contribution in [3.8, 4) is 5.75 Å². The number of nitrogens with one attached hydrogen (secondary N) is 1. The van der Waals surface area contributed by atoms with Crippen molar-refractivity contribution in [1.82, 2.24) is 24.4 Å². The Labute approximate surface area is 290 Å². The number of phenolic OH excluding ortho intramolecular Hbond substituents is 1. The van der Waals surface area contributed by atoms with Crippen molar-refractivity contribution in [2.24, 2.45) is 11.8 Å². The molecule has 3 aromatic rings. The van der Waals surface area contributed by atoms with Crippen molar-refractivity contribution in [2.75, 3.05) is 26.2 Å². The molecule has 1 aliphatic heterocycles. The average Bonchev–Trinajstić information content (AvgIpc) is 3.60. The summed E-state index contributed by atoms with van der Waals surface area (Å²) in [5, 5.41) is 38.8. The summed E-state index contributed by atoms with van der Waals surface area (Å²) in [5.41, 5.74) is 0.788. The zero-order chi connectivity index (χ0) is 36.0. The molecule has 3 N–H and O–H groups in total. The molecule has 0 bridgehead atoms. The molecule has 3 atom stereocenters. The van der Waals surface area contributed by atoms with Crippen LogP contribution >= 0.6 is 11.3 Å². The summed E-state index contributed by atoms with van der Waals surface area (Å²) >= 11 is 1.50. The van der Waals surface area contributed by atoms with Gasteiger partial charge < -0.3 is 25.3 Å². The van der Waals surface area contributed by atoms with Crippen molar-refractivity contribution >= 4 is 39.0 Å². The number of urea groups is 1. The minimum atomic E-state index is -4.40. The molecule has 0 aliphatic carbocycles. The first-order chi connectivity index (χ1) is 23.1. The normalized spacial score (nSPS) is 15.7. The number of benzene rings is 2. The standard InChI is InChI=1S/C33H44N6O8S2/c1-21(2)17-37(49(46,47)26-11-12-29(40)28(16-26)39(44)45)19-30(41)27(15-24-9-7-6-8-10-24)35-32(42)31(22(3)4)38-14-13-36(33(38)43)18-25-20-48-23(5)34-25/h6-12,16,20-22,27,30-31,40-41H,13-15,17-19H2,1-5H3,(H,35,42)/t27-,30+,31?/m0/s1. The van der Waals surface area contributed by atoms with Crippen LogP contribution in [0.15, 0.2) is 58.8 Å². The van der Waals surface area contributed by atoms with Gasteiger partial charge in [0.25, 0.3) is 0 Å². The van der Waals surface area contributed by atoms with E-state index in [1.165, 1.54) is 16.2 Å². The largest absolute Gasteiger partial charge is 0.502 e. The highest BCUT2D eigenvalue weighted by Gasteiger charge is 2.41. The summed E-state index contributed by atoms with van der Waals surface area (Å²) in [5.74, 6) is -1.65. The SMILES string of the molecule is Cc1nc(CN2CCN(C(C(=O)N[C@@H](Cc3ccccc3)[C@H](O)CN(CC(C)C)S(=O)(=O)c3ccc(O)c([N+](=O)[O-])c3)C(C)C)C2=O)cs1. The quantitative estimate of drug-likeness (QED) is 0.147. The molecule has 266 valence electrons. The number of hydrogen-bond acceptors (Lipinski definition) is 10. The molecule has 0 radical (unpaired) electrons. The van der Waals surface area contributed by atoms with Crippen LogP contribution in [0.5, 0.6) is 5.75 Å². The van der Waals surface area contributed by atoms with Gasteiger partial charge in [0.1, 0.15) is 6.04 Å². The molecule has 2 aromatic carbocycles. The number of nitrogens with zero attached hydrogens (tertiary/aromatic N) is 5. The molecular formula is C33H44N6O8S2. The lowest BCUT2D eigenvalue weighted by Crippen LogP contribution is -2.57. The Morgan fingerprint density at radius 1 is 1.12 bits per heavy atom. The number of aromatic nitrogens is 1. The molecular weight excluding hydrogens is 673 g/mol. The lowest BCUT2D eigenvalue weighted by molar-refractivity contribution is -0.386. The minimum absolute atomic E-state index is 0.0364. The highest BCUT2D eigenvalue weighted by molar-refractivity contribution is 7.89. The van der Waals surface area contributed by atoms with Gasteiger partial charge in [0.15, 0.2) is 5.75 Å². The zero-order valence-electron chi connectivity index (χ0n) is 28.2. The number of rotatable bonds is 16. The van der Waals surface area contributed by atoms with E-state index in [2.05, 4.69) is 10.3 Å². The molecule has 1 aromatic heterocycles. The van der Waals surface area contributed by atoms with Crippen LogP contribution in [0, 0.1) is 28.9 Å². The number of aryl methyl sites for hydroxylation is 1. The minimum Gasteiger partial charge on any atom is -0.502 e. The molecule has 14 nitrogen and oxygen atoms in total. The van der Waals surface area contributed by atoms with Crippen molar-refractivity contribution in [3.63, 3.8) is 0 Å². The van der Waals surface area contributed by atoms with Crippen LogP contribution in [-0.4, -0.2) is 98.9 Å². The van der Waals surface area contributed by atoms with Gasteiger partial charge in [-0.1, -0.05) is 58.0 Å². The fourth-order valence-electron chi connectivity index (χ4n) is 5.88. The molecule has 0 saturated carbocycles. The van der Waals surface area contributed by atoms with Crippen molar-refractivity contribution in [1.29, 1.82) is 0 Å². The Kier molecular flexibility index (Phi) is 12.4. The summed E-state index contributed by atoms with van der Waals surface area (Å²) in [6.45, 7) is 9.72. The number of nitro benzene ring substituents is 1. The Bertz CT molecular complexity index is 1730. The Balaban J connectivity index is 1.60. The lowest BCUT2D eigenvalue weighted by atomic mass is 9.97. The van der Waals surface area contributed by atoms with Crippen LogP contribution in [0.3, 0.4) is 0 Å². The number of phenols is 1. The number of carbonyl (C=O) groups is 2. The lowest BCUT2D eigenvalue weighted by Gasteiger charge is -2.34. The molecule has 3 amide bonds. The Morgan fingerprint density at radius 3 is 2.41 bits per heavy atom. The van der Waals surface area contributed by atoms with Crippen LogP contribution in [0.2, 0.25) is 0 Å². The van der Waals surface area contributed by atoms with Gasteiger partial charge in [-0.15, -0.1) is 11.3 Å². The van der Waals surface area contributed by atoms with E-state index in [4.69, 9.17) is 0 Å². The number of hydrogen-bond donors (Lipinski definition) is 3. The average molecular weight is 717 g/mol. The van der Waals surface area contributed by atoms with E-state index in [-0.39, 0.29) is 30.8 Å². The smallest absolute Gasteiger partial charge is 0.321 e. The summed E-state index contributed by atoms with van der Waals surface area (Å²) in [6, 6.07) is 9.77. The Hall–Kier alpha value is -4.12. The fourth-order valence-corrected chi connectivity index (χ4v) is 8.12. The van der Waals surface area contributed by atoms with E-state index in [0.29, 0.717) is 19.6 Å². The van der Waals surface area contributed by atoms with Crippen LogP contribution in [0.25, 0.3) is 0 Å². The van der Waals surface area contributed by atoms with E-state index in [1.807, 2.05) is 56.5 Å². The molecule has 2 heterocycles. The second kappa shape index (κ2) is 16.1. The van der Waals surface area contributed by atoms with Crippen LogP contribution in [0.1, 0.15) is 44.0 Å². The van der Waals surface area contributed by atoms with Gasteiger partial charge in [0.05, 0.1) is 39.2 Å².